The van der Waals surface area contributed by atoms with E-state index in [1.165, 1.54) is 0 Å². The van der Waals surface area contributed by atoms with Crippen molar-refractivity contribution in [3.05, 3.63) is 5.56 Å². The van der Waals surface area contributed by atoms with E-state index in [0.29, 0.717) is 5.00 Å². The van der Waals surface area contributed by atoms with Gasteiger partial charge >= 0.3 is 0 Å². The molecule has 20 heavy (non-hydrogen) atoms. The van der Waals surface area contributed by atoms with Crippen molar-refractivity contribution in [3.8, 4) is 0 Å². The number of nitrogens with zero attached hydrogens (tertiary/aromatic N) is 2. The second-order valence-electron chi connectivity index (χ2n) is 4.80. The Kier molecular flexibility index (Phi) is 4.40. The van der Waals surface area contributed by atoms with Gasteiger partial charge in [0.1, 0.15) is 10.6 Å². The van der Waals surface area contributed by atoms with E-state index in [1.807, 2.05) is 4.90 Å². The molecule has 110 valence electrons. The van der Waals surface area contributed by atoms with Crippen LogP contribution in [0.15, 0.2) is 0 Å². The van der Waals surface area contributed by atoms with Crippen LogP contribution in [0.3, 0.4) is 0 Å². The van der Waals surface area contributed by atoms with Crippen molar-refractivity contribution in [2.75, 3.05) is 30.7 Å². The number of hydrogen-bond donors (Lipinski definition) is 4. The summed E-state index contributed by atoms with van der Waals surface area (Å²) >= 11 is 1.13. The molecule has 0 atom stereocenters. The second-order valence-corrected chi connectivity index (χ2v) is 5.57. The van der Waals surface area contributed by atoms with Gasteiger partial charge in [0.15, 0.2) is 5.82 Å². The topological polar surface area (TPSA) is 140 Å². The van der Waals surface area contributed by atoms with Crippen LogP contribution in [0.2, 0.25) is 0 Å². The van der Waals surface area contributed by atoms with Gasteiger partial charge < -0.3 is 22.5 Å². The molecular formula is C11H18N6O2S. The first-order chi connectivity index (χ1) is 9.47. The minimum Gasteiger partial charge on any atom is -0.382 e. The molecule has 1 aromatic heterocycles. The number of amides is 2. The quantitative estimate of drug-likeness (QED) is 0.560. The van der Waals surface area contributed by atoms with Crippen LogP contribution in [0.4, 0.5) is 10.8 Å². The number of likely N-dealkylation sites (tertiary alicyclic amines) is 1. The van der Waals surface area contributed by atoms with Gasteiger partial charge in [-0.25, -0.2) is 0 Å². The van der Waals surface area contributed by atoms with Crippen LogP contribution in [0.5, 0.6) is 0 Å². The molecule has 0 bridgehead atoms. The summed E-state index contributed by atoms with van der Waals surface area (Å²) in [5.74, 6) is -0.733. The van der Waals surface area contributed by atoms with Gasteiger partial charge in [0.2, 0.25) is 5.91 Å². The molecular weight excluding hydrogens is 280 g/mol. The van der Waals surface area contributed by atoms with E-state index in [4.69, 9.17) is 17.2 Å². The highest BCUT2D eigenvalue weighted by Crippen LogP contribution is 2.28. The van der Waals surface area contributed by atoms with Crippen molar-refractivity contribution in [2.24, 2.45) is 11.5 Å². The van der Waals surface area contributed by atoms with Crippen molar-refractivity contribution in [1.82, 2.24) is 9.27 Å². The summed E-state index contributed by atoms with van der Waals surface area (Å²) in [4.78, 5) is 24.2. The average Bonchev–Trinajstić information content (AvgIpc) is 2.72. The normalized spacial score (nSPS) is 17.0. The first-order valence-electron chi connectivity index (χ1n) is 6.29. The zero-order valence-electron chi connectivity index (χ0n) is 11.0. The molecule has 7 N–H and O–H groups in total. The van der Waals surface area contributed by atoms with Gasteiger partial charge in [-0.3, -0.25) is 14.5 Å². The number of primary amides is 2. The van der Waals surface area contributed by atoms with Gasteiger partial charge in [0.25, 0.3) is 5.91 Å². The number of piperidine rings is 1. The van der Waals surface area contributed by atoms with Crippen molar-refractivity contribution in [1.29, 1.82) is 0 Å². The summed E-state index contributed by atoms with van der Waals surface area (Å²) in [6.07, 6.45) is 1.70. The van der Waals surface area contributed by atoms with Crippen LogP contribution in [0.25, 0.3) is 0 Å². The fraction of sp³-hybridized carbons (Fsp3) is 0.545. The highest BCUT2D eigenvalue weighted by molar-refractivity contribution is 7.11. The Bertz CT molecular complexity index is 509. The molecule has 0 aromatic carbocycles. The largest absolute Gasteiger partial charge is 0.382 e. The molecule has 1 aromatic rings. The second kappa shape index (κ2) is 6.06. The fourth-order valence-electron chi connectivity index (χ4n) is 2.28. The van der Waals surface area contributed by atoms with Gasteiger partial charge in [0, 0.05) is 19.1 Å². The fourth-order valence-corrected chi connectivity index (χ4v) is 3.08. The van der Waals surface area contributed by atoms with Gasteiger partial charge in [-0.2, -0.15) is 4.37 Å². The average molecular weight is 298 g/mol. The summed E-state index contributed by atoms with van der Waals surface area (Å²) in [7, 11) is 0. The number of nitrogens with one attached hydrogen (secondary N) is 1. The summed E-state index contributed by atoms with van der Waals surface area (Å²) in [5.41, 5.74) is 16.3. The number of anilines is 2. The maximum Gasteiger partial charge on any atom is 0.255 e. The number of rotatable bonds is 5. The van der Waals surface area contributed by atoms with Crippen molar-refractivity contribution < 1.29 is 9.59 Å². The van der Waals surface area contributed by atoms with Gasteiger partial charge in [-0.05, 0) is 24.4 Å². The van der Waals surface area contributed by atoms with Crippen molar-refractivity contribution >= 4 is 34.2 Å². The first kappa shape index (κ1) is 14.5. The molecule has 1 saturated heterocycles. The standard InChI is InChI=1S/C11H18N6O2S/c12-7(18)5-17-3-1-6(2-4-17)15-11-8(10(14)19)9(13)16-20-11/h6,15H,1-5H2,(H2,12,18)(H2,13,16)(H2,14,19). The molecule has 1 aliphatic heterocycles. The molecule has 9 heteroatoms. The van der Waals surface area contributed by atoms with Gasteiger partial charge in [-0.1, -0.05) is 0 Å². The van der Waals surface area contributed by atoms with Crippen LogP contribution in [0.1, 0.15) is 23.2 Å². The molecule has 2 amide bonds. The Morgan fingerprint density at radius 3 is 2.55 bits per heavy atom. The lowest BCUT2D eigenvalue weighted by atomic mass is 10.0. The first-order valence-corrected chi connectivity index (χ1v) is 7.07. The smallest absolute Gasteiger partial charge is 0.255 e. The third-order valence-corrected chi connectivity index (χ3v) is 4.06. The summed E-state index contributed by atoms with van der Waals surface area (Å²) in [6, 6.07) is 0.206. The van der Waals surface area contributed by atoms with E-state index in [0.717, 1.165) is 37.5 Å². The molecule has 1 fully saturated rings. The predicted octanol–water partition coefficient (Wildman–Crippen LogP) is -0.814. The number of nitrogens with two attached hydrogens (primary N) is 3. The Labute approximate surface area is 120 Å². The van der Waals surface area contributed by atoms with Crippen molar-refractivity contribution in [2.45, 2.75) is 18.9 Å². The highest BCUT2D eigenvalue weighted by atomic mass is 32.1. The SMILES string of the molecule is NC(=O)CN1CCC(Nc2snc(N)c2C(N)=O)CC1. The Morgan fingerprint density at radius 2 is 2.00 bits per heavy atom. The van der Waals surface area contributed by atoms with Crippen molar-refractivity contribution in [3.63, 3.8) is 0 Å². The third-order valence-electron chi connectivity index (χ3n) is 3.27. The minimum absolute atomic E-state index is 0.163. The number of hydrogen-bond acceptors (Lipinski definition) is 7. The lowest BCUT2D eigenvalue weighted by Crippen LogP contribution is -2.43. The van der Waals surface area contributed by atoms with Gasteiger partial charge in [0.05, 0.1) is 6.54 Å². The summed E-state index contributed by atoms with van der Waals surface area (Å²) in [5, 5.41) is 3.87. The van der Waals surface area contributed by atoms with Crippen LogP contribution in [-0.4, -0.2) is 46.8 Å². The van der Waals surface area contributed by atoms with E-state index in [9.17, 15) is 9.59 Å². The number of carbonyl (C=O) groups is 2. The third kappa shape index (κ3) is 3.36. The summed E-state index contributed by atoms with van der Waals surface area (Å²) in [6.45, 7) is 1.84. The molecule has 8 nitrogen and oxygen atoms in total. The Morgan fingerprint density at radius 1 is 1.35 bits per heavy atom. The predicted molar refractivity (Wildman–Crippen MR) is 77.3 cm³/mol. The highest BCUT2D eigenvalue weighted by Gasteiger charge is 2.23. The zero-order chi connectivity index (χ0) is 14.7. The maximum absolute atomic E-state index is 11.3. The van der Waals surface area contributed by atoms with E-state index < -0.39 is 5.91 Å². The maximum atomic E-state index is 11.3. The van der Waals surface area contributed by atoms with Crippen LogP contribution in [0, 0.1) is 0 Å². The molecule has 2 heterocycles. The number of carbonyl (C=O) groups excluding carboxylic acids is 2. The molecule has 0 radical (unpaired) electrons. The van der Waals surface area contributed by atoms with E-state index >= 15 is 0 Å². The Balaban J connectivity index is 1.93. The minimum atomic E-state index is -0.579. The molecule has 0 saturated carbocycles. The monoisotopic (exact) mass is 298 g/mol. The Hall–Kier alpha value is -1.87. The van der Waals surface area contributed by atoms with E-state index in [1.54, 1.807) is 0 Å². The molecule has 0 spiro atoms. The van der Waals surface area contributed by atoms with E-state index in [2.05, 4.69) is 9.69 Å². The summed E-state index contributed by atoms with van der Waals surface area (Å²) < 4.78 is 3.94. The number of aromatic nitrogens is 1. The van der Waals surface area contributed by atoms with Gasteiger partial charge in [-0.15, -0.1) is 0 Å². The molecule has 2 rings (SSSR count). The lowest BCUT2D eigenvalue weighted by Gasteiger charge is -2.31. The van der Waals surface area contributed by atoms with Crippen LogP contribution in [-0.2, 0) is 4.79 Å². The molecule has 0 unspecified atom stereocenters. The molecule has 0 aliphatic carbocycles. The zero-order valence-corrected chi connectivity index (χ0v) is 11.8. The van der Waals surface area contributed by atoms with E-state index in [-0.39, 0.29) is 29.9 Å². The number of nitrogen functional groups attached to an aromatic ring is 1. The van der Waals surface area contributed by atoms with Crippen LogP contribution < -0.4 is 22.5 Å². The lowest BCUT2D eigenvalue weighted by molar-refractivity contribution is -0.119. The molecule has 1 aliphatic rings. The van der Waals surface area contributed by atoms with Crippen LogP contribution >= 0.6 is 11.5 Å².